The van der Waals surface area contributed by atoms with Crippen molar-refractivity contribution in [3.63, 3.8) is 0 Å². The minimum Gasteiger partial charge on any atom is -0.481 e. The summed E-state index contributed by atoms with van der Waals surface area (Å²) in [5.41, 5.74) is -3.30. The number of rotatable bonds is 2. The van der Waals surface area contributed by atoms with Crippen LogP contribution in [0.2, 0.25) is 0 Å². The van der Waals surface area contributed by atoms with Gasteiger partial charge in [0.25, 0.3) is 0 Å². The first-order chi connectivity index (χ1) is 17.0. The summed E-state index contributed by atoms with van der Waals surface area (Å²) in [6.45, 7) is 11.9. The molecule has 7 nitrogen and oxygen atoms in total. The molecule has 0 aliphatic heterocycles. The van der Waals surface area contributed by atoms with E-state index in [1.54, 1.807) is 6.08 Å². The van der Waals surface area contributed by atoms with Crippen LogP contribution in [-0.2, 0) is 9.59 Å². The number of aliphatic hydroxyl groups is 4. The first-order valence-electron chi connectivity index (χ1n) is 14.1. The van der Waals surface area contributed by atoms with Crippen LogP contribution in [0, 0.1) is 50.2 Å². The average Bonchev–Trinajstić information content (AvgIpc) is 2.80. The maximum atomic E-state index is 14.3. The zero-order valence-electron chi connectivity index (χ0n) is 23.3. The summed E-state index contributed by atoms with van der Waals surface area (Å²) in [7, 11) is 0. The monoisotopic (exact) mass is 518 g/mol. The quantitative estimate of drug-likeness (QED) is 0.378. The number of carboxylic acid groups (broad SMARTS) is 1. The molecular weight excluding hydrogens is 472 g/mol. The zero-order valence-corrected chi connectivity index (χ0v) is 23.3. The fourth-order valence-electron chi connectivity index (χ4n) is 10.6. The molecule has 0 saturated heterocycles. The van der Waals surface area contributed by atoms with E-state index in [0.29, 0.717) is 38.5 Å². The van der Waals surface area contributed by atoms with Gasteiger partial charge in [-0.1, -0.05) is 47.1 Å². The number of carboxylic acids is 1. The lowest BCUT2D eigenvalue weighted by molar-refractivity contribution is -0.241. The van der Waals surface area contributed by atoms with Gasteiger partial charge in [-0.3, -0.25) is 9.59 Å². The van der Waals surface area contributed by atoms with Crippen LogP contribution >= 0.6 is 0 Å². The highest BCUT2D eigenvalue weighted by molar-refractivity contribution is 5.96. The van der Waals surface area contributed by atoms with Gasteiger partial charge in [-0.05, 0) is 78.6 Å². The lowest BCUT2D eigenvalue weighted by Crippen LogP contribution is -2.70. The number of allylic oxidation sites excluding steroid dienone is 1. The summed E-state index contributed by atoms with van der Waals surface area (Å²) >= 11 is 0. The van der Waals surface area contributed by atoms with E-state index in [2.05, 4.69) is 13.8 Å². The van der Waals surface area contributed by atoms with E-state index in [0.717, 1.165) is 5.57 Å². The van der Waals surface area contributed by atoms with Gasteiger partial charge in [0.05, 0.1) is 30.3 Å². The van der Waals surface area contributed by atoms with Gasteiger partial charge in [-0.15, -0.1) is 0 Å². The molecule has 37 heavy (non-hydrogen) atoms. The predicted molar refractivity (Wildman–Crippen MR) is 137 cm³/mol. The van der Waals surface area contributed by atoms with E-state index in [1.165, 1.54) is 0 Å². The third-order valence-electron chi connectivity index (χ3n) is 13.1. The molecule has 0 spiro atoms. The molecule has 7 heteroatoms. The summed E-state index contributed by atoms with van der Waals surface area (Å²) < 4.78 is 0. The Kier molecular flexibility index (Phi) is 5.82. The lowest BCUT2D eigenvalue weighted by atomic mass is 9.33. The van der Waals surface area contributed by atoms with Crippen molar-refractivity contribution >= 4 is 11.8 Å². The molecule has 0 aromatic carbocycles. The van der Waals surface area contributed by atoms with Crippen molar-refractivity contribution in [2.24, 2.45) is 50.2 Å². The minimum atomic E-state index is -1.08. The van der Waals surface area contributed by atoms with E-state index < -0.39 is 68.6 Å². The van der Waals surface area contributed by atoms with Crippen molar-refractivity contribution in [3.8, 4) is 0 Å². The Hall–Kier alpha value is -1.28. The summed E-state index contributed by atoms with van der Waals surface area (Å²) in [5, 5.41) is 54.4. The number of aliphatic carboxylic acids is 1. The third kappa shape index (κ3) is 3.09. The summed E-state index contributed by atoms with van der Waals surface area (Å²) in [4.78, 5) is 27.1. The van der Waals surface area contributed by atoms with Gasteiger partial charge in [0.1, 0.15) is 0 Å². The SMILES string of the molecule is CC1(C)CC[C@]2(C(=O)O)CC[C@]3(C)C(=CC(=O)[C@@H]4[C@@]5(C)C[C@@H](O)[C@H](O)[C@](C)(CO)[C@@H]5CC[C@]43C)[C@@H]2[C@H]1O. The Balaban J connectivity index is 1.69. The van der Waals surface area contributed by atoms with Crippen LogP contribution in [0.25, 0.3) is 0 Å². The average molecular weight is 519 g/mol. The van der Waals surface area contributed by atoms with Gasteiger partial charge in [0.2, 0.25) is 0 Å². The van der Waals surface area contributed by atoms with Crippen molar-refractivity contribution in [2.75, 3.05) is 6.61 Å². The Morgan fingerprint density at radius 3 is 2.16 bits per heavy atom. The number of ketones is 1. The maximum absolute atomic E-state index is 14.3. The Labute approximate surface area is 220 Å². The van der Waals surface area contributed by atoms with Crippen molar-refractivity contribution in [3.05, 3.63) is 11.6 Å². The van der Waals surface area contributed by atoms with Crippen molar-refractivity contribution in [2.45, 2.75) is 105 Å². The van der Waals surface area contributed by atoms with Crippen LogP contribution in [0.3, 0.4) is 0 Å². The van der Waals surface area contributed by atoms with Crippen molar-refractivity contribution in [1.82, 2.24) is 0 Å². The molecule has 5 rings (SSSR count). The van der Waals surface area contributed by atoms with Crippen LogP contribution in [0.5, 0.6) is 0 Å². The number of carbonyl (C=O) groups excluding carboxylic acids is 1. The summed E-state index contributed by atoms with van der Waals surface area (Å²) in [6.07, 6.45) is 2.56. The highest BCUT2D eigenvalue weighted by Gasteiger charge is 2.73. The zero-order chi connectivity index (χ0) is 27.6. The van der Waals surface area contributed by atoms with E-state index >= 15 is 0 Å². The van der Waals surface area contributed by atoms with Gasteiger partial charge in [-0.2, -0.15) is 0 Å². The molecule has 0 amide bonds. The second-order valence-electron chi connectivity index (χ2n) is 15.0. The molecule has 0 unspecified atom stereocenters. The largest absolute Gasteiger partial charge is 0.481 e. The van der Waals surface area contributed by atoms with Crippen LogP contribution in [0.4, 0.5) is 0 Å². The topological polar surface area (TPSA) is 135 Å². The van der Waals surface area contributed by atoms with Crippen LogP contribution in [-0.4, -0.2) is 62.2 Å². The fraction of sp³-hybridized carbons (Fsp3) is 0.867. The molecule has 0 aromatic heterocycles. The highest BCUT2D eigenvalue weighted by Crippen LogP contribution is 2.75. The van der Waals surface area contributed by atoms with E-state index in [-0.39, 0.29) is 24.7 Å². The molecule has 4 fully saturated rings. The van der Waals surface area contributed by atoms with E-state index in [9.17, 15) is 35.1 Å². The van der Waals surface area contributed by atoms with E-state index in [4.69, 9.17) is 0 Å². The van der Waals surface area contributed by atoms with Crippen LogP contribution in [0.15, 0.2) is 11.6 Å². The van der Waals surface area contributed by atoms with E-state index in [1.807, 2.05) is 27.7 Å². The second kappa shape index (κ2) is 7.89. The van der Waals surface area contributed by atoms with Gasteiger partial charge in [0, 0.05) is 17.3 Å². The number of fused-ring (bicyclic) bond motifs is 7. The first-order valence-corrected chi connectivity index (χ1v) is 14.1. The third-order valence-corrected chi connectivity index (χ3v) is 13.1. The number of carbonyl (C=O) groups is 2. The second-order valence-corrected chi connectivity index (χ2v) is 15.0. The summed E-state index contributed by atoms with van der Waals surface area (Å²) in [5.74, 6) is -2.16. The molecule has 5 aliphatic carbocycles. The molecule has 0 bridgehead atoms. The number of aliphatic hydroxyl groups excluding tert-OH is 4. The molecule has 4 saturated carbocycles. The maximum Gasteiger partial charge on any atom is 0.310 e. The number of hydrogen-bond acceptors (Lipinski definition) is 6. The number of hydrogen-bond donors (Lipinski definition) is 5. The molecule has 5 aliphatic rings. The molecule has 11 atom stereocenters. The molecule has 0 heterocycles. The molecule has 208 valence electrons. The van der Waals surface area contributed by atoms with Gasteiger partial charge >= 0.3 is 5.97 Å². The Bertz CT molecular complexity index is 1050. The molecular formula is C30H46O7. The van der Waals surface area contributed by atoms with Crippen LogP contribution in [0.1, 0.15) is 86.5 Å². The molecule has 5 N–H and O–H groups in total. The molecule has 0 aromatic rings. The Morgan fingerprint density at radius 2 is 1.57 bits per heavy atom. The van der Waals surface area contributed by atoms with Gasteiger partial charge in [0.15, 0.2) is 5.78 Å². The van der Waals surface area contributed by atoms with Gasteiger partial charge in [-0.25, -0.2) is 0 Å². The normalized spacial score (nSPS) is 54.8. The van der Waals surface area contributed by atoms with Crippen molar-refractivity contribution < 1.29 is 35.1 Å². The smallest absolute Gasteiger partial charge is 0.310 e. The Morgan fingerprint density at radius 1 is 0.946 bits per heavy atom. The lowest BCUT2D eigenvalue weighted by Gasteiger charge is -2.71. The highest BCUT2D eigenvalue weighted by atomic mass is 16.4. The van der Waals surface area contributed by atoms with Crippen LogP contribution < -0.4 is 0 Å². The summed E-state index contributed by atoms with van der Waals surface area (Å²) in [6, 6.07) is 0. The standard InChI is InChI=1S/C30H46O7/c1-25(2)9-11-30(24(36)37)12-10-28(5)16(20(30)23(25)35)13-17(32)21-26(3)14-18(33)22(34)27(4,15-31)19(26)7-8-29(21,28)6/h13,18-23,31,33-35H,7-12,14-15H2,1-6H3,(H,36,37)/t18-,19-,20-,21-,22+,23-,26+,27-,28-,29-,30+/m1/s1. The first kappa shape index (κ1) is 27.3. The van der Waals surface area contributed by atoms with Crippen molar-refractivity contribution in [1.29, 1.82) is 0 Å². The molecule has 0 radical (unpaired) electrons. The fourth-order valence-corrected chi connectivity index (χ4v) is 10.6. The minimum absolute atomic E-state index is 0.0668. The van der Waals surface area contributed by atoms with Gasteiger partial charge < -0.3 is 25.5 Å². The predicted octanol–water partition coefficient (Wildman–Crippen LogP) is 3.33.